The number of pyridine rings is 1. The molecule has 0 saturated carbocycles. The lowest BCUT2D eigenvalue weighted by molar-refractivity contribution is 0.702. The first-order valence-corrected chi connectivity index (χ1v) is 5.78. The molecule has 0 amide bonds. The zero-order valence-electron chi connectivity index (χ0n) is 9.93. The summed E-state index contributed by atoms with van der Waals surface area (Å²) in [5.74, 6) is 0.878. The molecule has 0 radical (unpaired) electrons. The molecule has 0 atom stereocenters. The number of aryl methyl sites for hydroxylation is 1. The molecule has 0 bridgehead atoms. The van der Waals surface area contributed by atoms with Crippen LogP contribution in [0.5, 0.6) is 0 Å². The number of nitrogens with one attached hydrogen (secondary N) is 1. The van der Waals surface area contributed by atoms with Crippen molar-refractivity contribution in [1.29, 1.82) is 0 Å². The van der Waals surface area contributed by atoms with Crippen LogP contribution in [-0.4, -0.2) is 28.5 Å². The Labute approximate surface area is 101 Å². The van der Waals surface area contributed by atoms with E-state index in [9.17, 15) is 0 Å². The summed E-state index contributed by atoms with van der Waals surface area (Å²) in [5.41, 5.74) is 1.78. The van der Waals surface area contributed by atoms with Crippen LogP contribution in [0.2, 0.25) is 0 Å². The van der Waals surface area contributed by atoms with E-state index in [1.165, 1.54) is 0 Å². The highest BCUT2D eigenvalue weighted by Gasteiger charge is 2.02. The van der Waals surface area contributed by atoms with Crippen molar-refractivity contribution in [3.05, 3.63) is 42.5 Å². The molecule has 0 aromatic carbocycles. The number of aromatic nitrogens is 3. The Balaban J connectivity index is 2.12. The maximum atomic E-state index is 4.51. The molecular weight excluding hydrogens is 212 g/mol. The summed E-state index contributed by atoms with van der Waals surface area (Å²) in [6, 6.07) is 7.72. The van der Waals surface area contributed by atoms with Crippen molar-refractivity contribution in [2.24, 2.45) is 0 Å². The van der Waals surface area contributed by atoms with Crippen molar-refractivity contribution in [3.63, 3.8) is 0 Å². The van der Waals surface area contributed by atoms with Gasteiger partial charge in [0.15, 0.2) is 0 Å². The van der Waals surface area contributed by atoms with Crippen molar-refractivity contribution in [1.82, 2.24) is 20.3 Å². The average molecular weight is 228 g/mol. The van der Waals surface area contributed by atoms with Gasteiger partial charge in [0.1, 0.15) is 5.82 Å². The molecule has 0 fully saturated rings. The van der Waals surface area contributed by atoms with Crippen LogP contribution in [0.1, 0.15) is 12.2 Å². The standard InChI is InChI=1S/C13H16N4/c1-14-8-4-6-13-16-10-7-12(17-13)11-5-2-3-9-15-11/h2-3,5,7,9-10,14H,4,6,8H2,1H3. The van der Waals surface area contributed by atoms with Crippen LogP contribution >= 0.6 is 0 Å². The highest BCUT2D eigenvalue weighted by Crippen LogP contribution is 2.12. The summed E-state index contributed by atoms with van der Waals surface area (Å²) in [7, 11) is 1.95. The van der Waals surface area contributed by atoms with Crippen molar-refractivity contribution in [2.45, 2.75) is 12.8 Å². The minimum absolute atomic E-state index is 0.878. The summed E-state index contributed by atoms with van der Waals surface area (Å²) in [6.07, 6.45) is 5.51. The molecule has 2 rings (SSSR count). The van der Waals surface area contributed by atoms with E-state index in [-0.39, 0.29) is 0 Å². The largest absolute Gasteiger partial charge is 0.320 e. The lowest BCUT2D eigenvalue weighted by atomic mass is 10.2. The van der Waals surface area contributed by atoms with Gasteiger partial charge in [0.25, 0.3) is 0 Å². The number of hydrogen-bond acceptors (Lipinski definition) is 4. The second-order valence-corrected chi connectivity index (χ2v) is 3.78. The van der Waals surface area contributed by atoms with E-state index in [0.717, 1.165) is 36.6 Å². The van der Waals surface area contributed by atoms with Crippen molar-refractivity contribution < 1.29 is 0 Å². The molecule has 2 heterocycles. The predicted octanol–water partition coefficient (Wildman–Crippen LogP) is 1.69. The molecule has 4 heteroatoms. The Hall–Kier alpha value is -1.81. The normalized spacial score (nSPS) is 10.4. The van der Waals surface area contributed by atoms with Gasteiger partial charge in [-0.15, -0.1) is 0 Å². The van der Waals surface area contributed by atoms with E-state index in [2.05, 4.69) is 20.3 Å². The van der Waals surface area contributed by atoms with Gasteiger partial charge in [-0.2, -0.15) is 0 Å². The molecule has 17 heavy (non-hydrogen) atoms. The van der Waals surface area contributed by atoms with E-state index in [0.29, 0.717) is 0 Å². The third-order valence-corrected chi connectivity index (χ3v) is 2.46. The quantitative estimate of drug-likeness (QED) is 0.791. The average Bonchev–Trinajstić information content (AvgIpc) is 2.41. The van der Waals surface area contributed by atoms with Crippen LogP contribution in [0.15, 0.2) is 36.7 Å². The minimum Gasteiger partial charge on any atom is -0.320 e. The van der Waals surface area contributed by atoms with E-state index in [1.54, 1.807) is 12.4 Å². The van der Waals surface area contributed by atoms with Crippen molar-refractivity contribution >= 4 is 0 Å². The van der Waals surface area contributed by atoms with Crippen LogP contribution in [0.3, 0.4) is 0 Å². The lowest BCUT2D eigenvalue weighted by Gasteiger charge is -2.03. The molecule has 0 spiro atoms. The Kier molecular flexibility index (Phi) is 4.16. The zero-order valence-corrected chi connectivity index (χ0v) is 9.93. The van der Waals surface area contributed by atoms with Crippen LogP contribution in [0.25, 0.3) is 11.4 Å². The molecule has 0 unspecified atom stereocenters. The number of rotatable bonds is 5. The van der Waals surface area contributed by atoms with Gasteiger partial charge in [-0.3, -0.25) is 4.98 Å². The fourth-order valence-corrected chi connectivity index (χ4v) is 1.60. The third kappa shape index (κ3) is 3.32. The molecule has 88 valence electrons. The first kappa shape index (κ1) is 11.7. The van der Waals surface area contributed by atoms with Gasteiger partial charge >= 0.3 is 0 Å². The monoisotopic (exact) mass is 228 g/mol. The Morgan fingerprint density at radius 1 is 1.06 bits per heavy atom. The second-order valence-electron chi connectivity index (χ2n) is 3.78. The molecule has 2 aromatic heterocycles. The van der Waals surface area contributed by atoms with E-state index in [4.69, 9.17) is 0 Å². The molecule has 0 aliphatic rings. The minimum atomic E-state index is 0.878. The van der Waals surface area contributed by atoms with Gasteiger partial charge in [0.05, 0.1) is 11.4 Å². The van der Waals surface area contributed by atoms with Crippen LogP contribution in [0.4, 0.5) is 0 Å². The first-order valence-electron chi connectivity index (χ1n) is 5.78. The topological polar surface area (TPSA) is 50.7 Å². The molecule has 0 aliphatic carbocycles. The summed E-state index contributed by atoms with van der Waals surface area (Å²) in [5, 5.41) is 3.12. The SMILES string of the molecule is CNCCCc1nccc(-c2ccccn2)n1. The van der Waals surface area contributed by atoms with Gasteiger partial charge in [0, 0.05) is 18.8 Å². The first-order chi connectivity index (χ1) is 8.40. The summed E-state index contributed by atoms with van der Waals surface area (Å²) in [4.78, 5) is 13.1. The highest BCUT2D eigenvalue weighted by molar-refractivity contribution is 5.52. The van der Waals surface area contributed by atoms with Gasteiger partial charge in [-0.1, -0.05) is 6.07 Å². The molecule has 0 aliphatic heterocycles. The second kappa shape index (κ2) is 6.06. The zero-order chi connectivity index (χ0) is 11.9. The maximum absolute atomic E-state index is 4.51. The predicted molar refractivity (Wildman–Crippen MR) is 67.5 cm³/mol. The lowest BCUT2D eigenvalue weighted by Crippen LogP contribution is -2.09. The molecule has 2 aromatic rings. The summed E-state index contributed by atoms with van der Waals surface area (Å²) < 4.78 is 0. The van der Waals surface area contributed by atoms with E-state index >= 15 is 0 Å². The number of hydrogen-bond donors (Lipinski definition) is 1. The summed E-state index contributed by atoms with van der Waals surface area (Å²) in [6.45, 7) is 0.983. The van der Waals surface area contributed by atoms with Gasteiger partial charge < -0.3 is 5.32 Å². The van der Waals surface area contributed by atoms with Gasteiger partial charge in [0.2, 0.25) is 0 Å². The molecular formula is C13H16N4. The third-order valence-electron chi connectivity index (χ3n) is 2.46. The van der Waals surface area contributed by atoms with Crippen LogP contribution in [-0.2, 0) is 6.42 Å². The Morgan fingerprint density at radius 2 is 2.00 bits per heavy atom. The maximum Gasteiger partial charge on any atom is 0.129 e. The fourth-order valence-electron chi connectivity index (χ4n) is 1.60. The van der Waals surface area contributed by atoms with Crippen LogP contribution < -0.4 is 5.32 Å². The Bertz CT molecular complexity index is 456. The summed E-state index contributed by atoms with van der Waals surface area (Å²) >= 11 is 0. The molecule has 4 nitrogen and oxygen atoms in total. The van der Waals surface area contributed by atoms with E-state index < -0.39 is 0 Å². The van der Waals surface area contributed by atoms with E-state index in [1.807, 2.05) is 31.3 Å². The molecule has 0 saturated heterocycles. The molecule has 1 N–H and O–H groups in total. The Morgan fingerprint density at radius 3 is 2.76 bits per heavy atom. The fraction of sp³-hybridized carbons (Fsp3) is 0.308. The van der Waals surface area contributed by atoms with Crippen LogP contribution in [0, 0.1) is 0 Å². The van der Waals surface area contributed by atoms with Crippen molar-refractivity contribution in [2.75, 3.05) is 13.6 Å². The number of nitrogens with zero attached hydrogens (tertiary/aromatic N) is 3. The highest BCUT2D eigenvalue weighted by atomic mass is 14.9. The van der Waals surface area contributed by atoms with Crippen molar-refractivity contribution in [3.8, 4) is 11.4 Å². The van der Waals surface area contributed by atoms with Gasteiger partial charge in [-0.05, 0) is 38.2 Å². The van der Waals surface area contributed by atoms with Gasteiger partial charge in [-0.25, -0.2) is 9.97 Å². The smallest absolute Gasteiger partial charge is 0.129 e.